The maximum absolute atomic E-state index is 13.7. The molecule has 4 aromatic rings. The molecule has 0 N–H and O–H groups in total. The summed E-state index contributed by atoms with van der Waals surface area (Å²) in [5.41, 5.74) is 1.53. The predicted octanol–water partition coefficient (Wildman–Crippen LogP) is 3.51. The zero-order chi connectivity index (χ0) is 21.8. The highest BCUT2D eigenvalue weighted by atomic mass is 32.1. The van der Waals surface area contributed by atoms with E-state index in [-0.39, 0.29) is 17.5 Å². The number of nitrogens with zero attached hydrogens (tertiary/aromatic N) is 6. The fraction of sp³-hybridized carbons (Fsp3) is 0.435. The van der Waals surface area contributed by atoms with Crippen LogP contribution in [0.15, 0.2) is 29.2 Å². The Hall–Kier alpha value is -3.07. The number of aromatic nitrogens is 5. The van der Waals surface area contributed by atoms with Crippen molar-refractivity contribution in [1.29, 1.82) is 0 Å². The number of rotatable bonds is 2. The molecule has 1 amide bonds. The second-order valence-corrected chi connectivity index (χ2v) is 9.67. The molecule has 1 saturated heterocycles. The van der Waals surface area contributed by atoms with Crippen molar-refractivity contribution >= 4 is 33.1 Å². The number of amides is 1. The van der Waals surface area contributed by atoms with Crippen molar-refractivity contribution < 1.29 is 4.79 Å². The summed E-state index contributed by atoms with van der Waals surface area (Å²) in [5, 5.41) is 9.27. The molecule has 0 saturated carbocycles. The highest BCUT2D eigenvalue weighted by Crippen LogP contribution is 2.36. The molecule has 0 aliphatic carbocycles. The van der Waals surface area contributed by atoms with Crippen molar-refractivity contribution in [3.63, 3.8) is 0 Å². The van der Waals surface area contributed by atoms with Crippen LogP contribution in [0, 0.1) is 6.92 Å². The Bertz CT molecular complexity index is 1420. The summed E-state index contributed by atoms with van der Waals surface area (Å²) >= 11 is 1.36. The molecule has 0 bridgehead atoms. The Kier molecular flexibility index (Phi) is 4.60. The Morgan fingerprint density at radius 1 is 1.12 bits per heavy atom. The molecular weight excluding hydrogens is 424 g/mol. The average molecular weight is 449 g/mol. The van der Waals surface area contributed by atoms with Gasteiger partial charge in [0.15, 0.2) is 11.5 Å². The Morgan fingerprint density at radius 3 is 2.94 bits per heavy atom. The first-order valence-electron chi connectivity index (χ1n) is 11.3. The Labute approximate surface area is 188 Å². The molecule has 9 heteroatoms. The van der Waals surface area contributed by atoms with Gasteiger partial charge < -0.3 is 4.90 Å². The van der Waals surface area contributed by atoms with Gasteiger partial charge in [-0.3, -0.25) is 18.6 Å². The predicted molar refractivity (Wildman–Crippen MR) is 122 cm³/mol. The molecule has 6 heterocycles. The molecule has 0 unspecified atom stereocenters. The van der Waals surface area contributed by atoms with Crippen LogP contribution in [0.3, 0.4) is 0 Å². The third-order valence-corrected chi connectivity index (χ3v) is 7.93. The third kappa shape index (κ3) is 2.91. The molecule has 6 rings (SSSR count). The number of hydrogen-bond donors (Lipinski definition) is 0. The fourth-order valence-corrected chi connectivity index (χ4v) is 6.26. The normalized spacial score (nSPS) is 18.9. The molecule has 1 fully saturated rings. The van der Waals surface area contributed by atoms with Crippen LogP contribution in [0.1, 0.15) is 65.0 Å². The van der Waals surface area contributed by atoms with Crippen LogP contribution in [-0.2, 0) is 13.0 Å². The van der Waals surface area contributed by atoms with Crippen LogP contribution in [-0.4, -0.2) is 41.5 Å². The molecule has 4 aromatic heterocycles. The largest absolute Gasteiger partial charge is 0.328 e. The lowest BCUT2D eigenvalue weighted by Gasteiger charge is -2.23. The van der Waals surface area contributed by atoms with Crippen molar-refractivity contribution in [2.24, 2.45) is 0 Å². The zero-order valence-corrected chi connectivity index (χ0v) is 18.8. The summed E-state index contributed by atoms with van der Waals surface area (Å²) in [7, 11) is 0. The van der Waals surface area contributed by atoms with Crippen LogP contribution < -0.4 is 5.56 Å². The average Bonchev–Trinajstić information content (AvgIpc) is 3.47. The Morgan fingerprint density at radius 2 is 2.03 bits per heavy atom. The second-order valence-electron chi connectivity index (χ2n) is 8.68. The molecular formula is C23H24N6O2S. The molecule has 8 nitrogen and oxygen atoms in total. The Balaban J connectivity index is 1.42. The van der Waals surface area contributed by atoms with Gasteiger partial charge in [0, 0.05) is 25.7 Å². The summed E-state index contributed by atoms with van der Waals surface area (Å²) in [5.74, 6) is 1.60. The minimum atomic E-state index is -0.129. The molecule has 164 valence electrons. The smallest absolute Gasteiger partial charge is 0.264 e. The zero-order valence-electron chi connectivity index (χ0n) is 18.0. The molecule has 2 aliphatic rings. The van der Waals surface area contributed by atoms with E-state index < -0.39 is 0 Å². The monoisotopic (exact) mass is 448 g/mol. The van der Waals surface area contributed by atoms with Gasteiger partial charge in [-0.1, -0.05) is 12.5 Å². The van der Waals surface area contributed by atoms with Crippen molar-refractivity contribution in [1.82, 2.24) is 29.0 Å². The van der Waals surface area contributed by atoms with Gasteiger partial charge in [0.2, 0.25) is 0 Å². The quantitative estimate of drug-likeness (QED) is 0.468. The number of hydrogen-bond acceptors (Lipinski definition) is 6. The molecule has 2 aliphatic heterocycles. The van der Waals surface area contributed by atoms with Gasteiger partial charge in [0.1, 0.15) is 10.7 Å². The van der Waals surface area contributed by atoms with E-state index in [0.717, 1.165) is 61.4 Å². The number of thiophene rings is 1. The van der Waals surface area contributed by atoms with E-state index in [1.54, 1.807) is 0 Å². The highest BCUT2D eigenvalue weighted by Gasteiger charge is 2.35. The van der Waals surface area contributed by atoms with E-state index in [4.69, 9.17) is 4.98 Å². The van der Waals surface area contributed by atoms with Crippen molar-refractivity contribution in [2.45, 2.75) is 58.0 Å². The maximum atomic E-state index is 13.7. The summed E-state index contributed by atoms with van der Waals surface area (Å²) in [6, 6.07) is 5.66. The number of aryl methyl sites for hydroxylation is 2. The van der Waals surface area contributed by atoms with Gasteiger partial charge in [0.25, 0.3) is 11.5 Å². The first-order chi connectivity index (χ1) is 15.6. The van der Waals surface area contributed by atoms with Gasteiger partial charge >= 0.3 is 0 Å². The van der Waals surface area contributed by atoms with Gasteiger partial charge in [-0.15, -0.1) is 21.5 Å². The van der Waals surface area contributed by atoms with E-state index in [1.807, 2.05) is 45.2 Å². The van der Waals surface area contributed by atoms with E-state index in [0.29, 0.717) is 28.2 Å². The summed E-state index contributed by atoms with van der Waals surface area (Å²) in [4.78, 5) is 35.0. The fourth-order valence-electron chi connectivity index (χ4n) is 5.11. The van der Waals surface area contributed by atoms with Crippen molar-refractivity contribution in [3.8, 4) is 0 Å². The summed E-state index contributed by atoms with van der Waals surface area (Å²) in [6.45, 7) is 3.27. The van der Waals surface area contributed by atoms with Gasteiger partial charge in [-0.25, -0.2) is 4.98 Å². The SMILES string of the molecule is Cc1c(C(=O)N2CCC[C@@H]2c2nnc3ccccn23)sc2nc3n(c(=O)c12)CCCCC3. The lowest BCUT2D eigenvalue weighted by Crippen LogP contribution is -2.31. The first-order valence-corrected chi connectivity index (χ1v) is 12.1. The van der Waals surface area contributed by atoms with E-state index in [9.17, 15) is 9.59 Å². The standard InChI is InChI=1S/C23H24N6O2S/c1-14-18-21(24-16-9-3-2-5-12-29(16)22(18)30)32-19(14)23(31)27-13-7-8-15(27)20-26-25-17-10-4-6-11-28(17)20/h4,6,10-11,15H,2-3,5,7-9,12-13H2,1H3/t15-/m1/s1. The summed E-state index contributed by atoms with van der Waals surface area (Å²) in [6.07, 6.45) is 7.69. The van der Waals surface area contributed by atoms with Gasteiger partial charge in [0.05, 0.1) is 16.3 Å². The van der Waals surface area contributed by atoms with Gasteiger partial charge in [-0.2, -0.15) is 0 Å². The van der Waals surface area contributed by atoms with Crippen LogP contribution in [0.2, 0.25) is 0 Å². The second kappa shape index (κ2) is 7.51. The van der Waals surface area contributed by atoms with Gasteiger partial charge in [-0.05, 0) is 50.3 Å². The minimum Gasteiger partial charge on any atom is -0.328 e. The topological polar surface area (TPSA) is 85.4 Å². The lowest BCUT2D eigenvalue weighted by molar-refractivity contribution is 0.0733. The molecule has 1 atom stereocenters. The van der Waals surface area contributed by atoms with E-state index in [1.165, 1.54) is 11.3 Å². The van der Waals surface area contributed by atoms with Crippen LogP contribution >= 0.6 is 11.3 Å². The number of pyridine rings is 1. The molecule has 0 radical (unpaired) electrons. The van der Waals surface area contributed by atoms with Crippen molar-refractivity contribution in [2.75, 3.05) is 6.54 Å². The van der Waals surface area contributed by atoms with Crippen molar-refractivity contribution in [3.05, 3.63) is 56.8 Å². The van der Waals surface area contributed by atoms with Crippen LogP contribution in [0.5, 0.6) is 0 Å². The first kappa shape index (κ1) is 19.6. The highest BCUT2D eigenvalue weighted by molar-refractivity contribution is 7.20. The summed E-state index contributed by atoms with van der Waals surface area (Å²) < 4.78 is 3.78. The maximum Gasteiger partial charge on any atom is 0.264 e. The molecule has 32 heavy (non-hydrogen) atoms. The van der Waals surface area contributed by atoms with Crippen LogP contribution in [0.4, 0.5) is 0 Å². The van der Waals surface area contributed by atoms with Crippen LogP contribution in [0.25, 0.3) is 15.9 Å². The van der Waals surface area contributed by atoms with E-state index in [2.05, 4.69) is 10.2 Å². The molecule has 0 aromatic carbocycles. The number of fused-ring (bicyclic) bond motifs is 3. The van der Waals surface area contributed by atoms with E-state index >= 15 is 0 Å². The third-order valence-electron chi connectivity index (χ3n) is 6.76. The number of carbonyl (C=O) groups excluding carboxylic acids is 1. The molecule has 0 spiro atoms. The lowest BCUT2D eigenvalue weighted by atomic mass is 10.1. The number of carbonyl (C=O) groups is 1. The minimum absolute atomic E-state index is 0.00104. The number of likely N-dealkylation sites (tertiary alicyclic amines) is 1.